The summed E-state index contributed by atoms with van der Waals surface area (Å²) in [6.07, 6.45) is 0. The maximum atomic E-state index is 13.8. The van der Waals surface area contributed by atoms with E-state index in [1.165, 1.54) is 0 Å². The van der Waals surface area contributed by atoms with Crippen molar-refractivity contribution in [2.24, 2.45) is 0 Å². The fraction of sp³-hybridized carbons (Fsp3) is 0.161. The summed E-state index contributed by atoms with van der Waals surface area (Å²) >= 11 is 0. The first-order valence-corrected chi connectivity index (χ1v) is 13.9. The Morgan fingerprint density at radius 3 is 2.46 bits per heavy atom. The second-order valence-electron chi connectivity index (χ2n) is 9.42. The van der Waals surface area contributed by atoms with Crippen molar-refractivity contribution in [2.45, 2.75) is 29.3 Å². The Morgan fingerprint density at radius 1 is 0.897 bits per heavy atom. The normalized spacial score (nSPS) is 16.5. The average Bonchev–Trinajstić information content (AvgIpc) is 3.06. The van der Waals surface area contributed by atoms with Crippen LogP contribution < -0.4 is 19.7 Å². The quantitative estimate of drug-likeness (QED) is 0.374. The van der Waals surface area contributed by atoms with Crippen molar-refractivity contribution in [2.75, 3.05) is 18.1 Å². The third kappa shape index (κ3) is 4.79. The van der Waals surface area contributed by atoms with Crippen LogP contribution in [0.2, 0.25) is 0 Å². The van der Waals surface area contributed by atoms with Crippen molar-refractivity contribution in [3.05, 3.63) is 113 Å². The first-order chi connectivity index (χ1) is 19.0. The van der Waals surface area contributed by atoms with Gasteiger partial charge in [-0.2, -0.15) is 0 Å². The van der Waals surface area contributed by atoms with Crippen LogP contribution in [0, 0.1) is 0 Å². The molecule has 2 heterocycles. The molecule has 0 aromatic heterocycles. The van der Waals surface area contributed by atoms with E-state index in [9.17, 15) is 13.8 Å². The number of carbonyl (C=O) groups excluding carboxylic acids is 2. The van der Waals surface area contributed by atoms with Gasteiger partial charge in [-0.15, -0.1) is 0 Å². The lowest BCUT2D eigenvalue weighted by Crippen LogP contribution is -2.31. The maximum Gasteiger partial charge on any atom is 0.259 e. The molecular formula is C31H26N2O5S. The molecule has 4 aromatic carbocycles. The van der Waals surface area contributed by atoms with Gasteiger partial charge in [0.15, 0.2) is 11.5 Å². The summed E-state index contributed by atoms with van der Waals surface area (Å²) in [6, 6.07) is 26.9. The molecule has 0 radical (unpaired) electrons. The van der Waals surface area contributed by atoms with E-state index in [0.29, 0.717) is 51.3 Å². The van der Waals surface area contributed by atoms with Gasteiger partial charge in [0.25, 0.3) is 11.8 Å². The molecule has 2 aliphatic heterocycles. The van der Waals surface area contributed by atoms with Crippen molar-refractivity contribution in [3.63, 3.8) is 0 Å². The Hall–Kier alpha value is -4.43. The van der Waals surface area contributed by atoms with E-state index in [1.807, 2.05) is 55.5 Å². The van der Waals surface area contributed by atoms with Crippen LogP contribution in [-0.4, -0.2) is 29.2 Å². The highest BCUT2D eigenvalue weighted by molar-refractivity contribution is 7.85. The lowest BCUT2D eigenvalue weighted by molar-refractivity contribution is 0.0937. The van der Waals surface area contributed by atoms with Crippen LogP contribution in [0.3, 0.4) is 0 Å². The molecule has 0 saturated carbocycles. The number of nitrogens with one attached hydrogen (secondary N) is 1. The van der Waals surface area contributed by atoms with Gasteiger partial charge in [-0.05, 0) is 60.5 Å². The van der Waals surface area contributed by atoms with E-state index in [-0.39, 0.29) is 24.4 Å². The fourth-order valence-corrected chi connectivity index (χ4v) is 6.17. The number of amides is 2. The van der Waals surface area contributed by atoms with Crippen LogP contribution >= 0.6 is 0 Å². The van der Waals surface area contributed by atoms with Crippen LogP contribution in [0.5, 0.6) is 11.5 Å². The second kappa shape index (κ2) is 10.4. The van der Waals surface area contributed by atoms with Gasteiger partial charge in [0.1, 0.15) is 13.2 Å². The van der Waals surface area contributed by atoms with Crippen molar-refractivity contribution >= 4 is 28.3 Å². The molecule has 0 bridgehead atoms. The van der Waals surface area contributed by atoms with Gasteiger partial charge < -0.3 is 19.7 Å². The minimum absolute atomic E-state index is 0.260. The maximum absolute atomic E-state index is 13.8. The van der Waals surface area contributed by atoms with Crippen molar-refractivity contribution in [3.8, 4) is 11.5 Å². The summed E-state index contributed by atoms with van der Waals surface area (Å²) in [4.78, 5) is 29.7. The predicted molar refractivity (Wildman–Crippen MR) is 148 cm³/mol. The van der Waals surface area contributed by atoms with Gasteiger partial charge in [0.05, 0.1) is 44.4 Å². The van der Waals surface area contributed by atoms with Gasteiger partial charge in [0, 0.05) is 5.56 Å². The molecule has 6 rings (SSSR count). The lowest BCUT2D eigenvalue weighted by Gasteiger charge is -2.24. The highest BCUT2D eigenvalue weighted by Crippen LogP contribution is 2.36. The molecule has 0 aliphatic carbocycles. The molecular weight excluding hydrogens is 512 g/mol. The third-order valence-electron chi connectivity index (χ3n) is 6.87. The molecule has 0 spiro atoms. The van der Waals surface area contributed by atoms with Crippen LogP contribution in [0.25, 0.3) is 0 Å². The Balaban J connectivity index is 1.34. The zero-order valence-corrected chi connectivity index (χ0v) is 22.1. The molecule has 196 valence electrons. The summed E-state index contributed by atoms with van der Waals surface area (Å²) < 4.78 is 24.9. The molecule has 8 heteroatoms. The minimum Gasteiger partial charge on any atom is -0.486 e. The molecule has 39 heavy (non-hydrogen) atoms. The van der Waals surface area contributed by atoms with Gasteiger partial charge in [-0.1, -0.05) is 48.5 Å². The molecule has 7 nitrogen and oxygen atoms in total. The Kier molecular flexibility index (Phi) is 6.62. The molecule has 4 aromatic rings. The second-order valence-corrected chi connectivity index (χ2v) is 10.8. The summed E-state index contributed by atoms with van der Waals surface area (Å²) in [5.74, 6) is 0.775. The number of carbonyl (C=O) groups is 2. The number of nitrogens with zero attached hydrogens (tertiary/aromatic N) is 1. The SMILES string of the molecule is CC(NC(=O)c1ccc2c(c1)N(Cc1ccccc1)C(=O)c1ccccc1S2=O)c1ccc2c(c1)OCCO2. The molecule has 2 amide bonds. The van der Waals surface area contributed by atoms with Gasteiger partial charge in [-0.25, -0.2) is 4.21 Å². The summed E-state index contributed by atoms with van der Waals surface area (Å²) in [7, 11) is -1.59. The van der Waals surface area contributed by atoms with Crippen LogP contribution in [-0.2, 0) is 17.3 Å². The number of ether oxygens (including phenoxy) is 2. The van der Waals surface area contributed by atoms with Crippen molar-refractivity contribution in [1.82, 2.24) is 5.32 Å². The Morgan fingerprint density at radius 2 is 1.64 bits per heavy atom. The van der Waals surface area contributed by atoms with Crippen molar-refractivity contribution < 1.29 is 23.3 Å². The molecule has 0 fully saturated rings. The molecule has 1 N–H and O–H groups in total. The highest BCUT2D eigenvalue weighted by Gasteiger charge is 2.31. The van der Waals surface area contributed by atoms with Crippen LogP contribution in [0.4, 0.5) is 5.69 Å². The number of benzene rings is 4. The van der Waals surface area contributed by atoms with Gasteiger partial charge in [-0.3, -0.25) is 9.59 Å². The summed E-state index contributed by atoms with van der Waals surface area (Å²) in [5, 5.41) is 3.03. The van der Waals surface area contributed by atoms with Crippen LogP contribution in [0.15, 0.2) is 101 Å². The van der Waals surface area contributed by atoms with E-state index in [0.717, 1.165) is 11.1 Å². The first kappa shape index (κ1) is 24.9. The number of hydrogen-bond donors (Lipinski definition) is 1. The Labute approximate surface area is 228 Å². The summed E-state index contributed by atoms with van der Waals surface area (Å²) in [6.45, 7) is 3.16. The van der Waals surface area contributed by atoms with E-state index in [1.54, 1.807) is 47.4 Å². The van der Waals surface area contributed by atoms with Crippen molar-refractivity contribution in [1.29, 1.82) is 0 Å². The number of fused-ring (bicyclic) bond motifs is 3. The van der Waals surface area contributed by atoms with Crippen LogP contribution in [0.1, 0.15) is 44.8 Å². The highest BCUT2D eigenvalue weighted by atomic mass is 32.2. The smallest absolute Gasteiger partial charge is 0.259 e. The molecule has 2 atom stereocenters. The minimum atomic E-state index is -1.59. The molecule has 0 saturated heterocycles. The molecule has 2 unspecified atom stereocenters. The summed E-state index contributed by atoms with van der Waals surface area (Å²) in [5.41, 5.74) is 3.01. The zero-order valence-electron chi connectivity index (χ0n) is 21.3. The number of anilines is 1. The largest absolute Gasteiger partial charge is 0.486 e. The van der Waals surface area contributed by atoms with E-state index >= 15 is 0 Å². The molecule has 2 aliphatic rings. The standard InChI is InChI=1S/C31H26N2O5S/c1-20(22-11-13-26-27(18-22)38-16-15-37-26)32-30(34)23-12-14-29-25(17-23)33(19-21-7-3-2-4-8-21)31(35)24-9-5-6-10-28(24)39(29)36/h2-14,17-18,20H,15-16,19H2,1H3,(H,32,34). The lowest BCUT2D eigenvalue weighted by atomic mass is 10.1. The topological polar surface area (TPSA) is 84.9 Å². The van der Waals surface area contributed by atoms with Gasteiger partial charge in [0.2, 0.25) is 0 Å². The van der Waals surface area contributed by atoms with E-state index < -0.39 is 10.8 Å². The number of rotatable bonds is 5. The van der Waals surface area contributed by atoms with E-state index in [4.69, 9.17) is 9.47 Å². The predicted octanol–water partition coefficient (Wildman–Crippen LogP) is 5.28. The first-order valence-electron chi connectivity index (χ1n) is 12.7. The third-order valence-corrected chi connectivity index (χ3v) is 8.37. The zero-order chi connectivity index (χ0) is 26.9. The van der Waals surface area contributed by atoms with Gasteiger partial charge >= 0.3 is 0 Å². The number of hydrogen-bond acceptors (Lipinski definition) is 5. The Bertz CT molecular complexity index is 1600. The fourth-order valence-electron chi connectivity index (χ4n) is 4.82. The monoisotopic (exact) mass is 538 g/mol. The van der Waals surface area contributed by atoms with E-state index in [2.05, 4.69) is 5.32 Å². The average molecular weight is 539 g/mol.